The van der Waals surface area contributed by atoms with Gasteiger partial charge in [0.25, 0.3) is 0 Å². The number of carbonyl (C=O) groups excluding carboxylic acids is 1. The minimum absolute atomic E-state index is 0.0200. The maximum atomic E-state index is 14.2. The van der Waals surface area contributed by atoms with Crippen molar-refractivity contribution in [2.75, 3.05) is 44.2 Å². The predicted molar refractivity (Wildman–Crippen MR) is 108 cm³/mol. The minimum atomic E-state index is -0.374. The molecule has 28 heavy (non-hydrogen) atoms. The maximum absolute atomic E-state index is 14.2. The summed E-state index contributed by atoms with van der Waals surface area (Å²) in [7, 11) is 0. The molecule has 0 atom stereocenters. The van der Waals surface area contributed by atoms with Gasteiger partial charge in [-0.2, -0.15) is 5.26 Å². The highest BCUT2D eigenvalue weighted by atomic mass is 19.1. The summed E-state index contributed by atoms with van der Waals surface area (Å²) < 4.78 is 14.2. The van der Waals surface area contributed by atoms with Gasteiger partial charge in [0, 0.05) is 32.7 Å². The first kappa shape index (κ1) is 19.8. The average molecular weight is 380 g/mol. The lowest BCUT2D eigenvalue weighted by molar-refractivity contribution is -0.122. The summed E-state index contributed by atoms with van der Waals surface area (Å²) >= 11 is 0. The highest BCUT2D eigenvalue weighted by Crippen LogP contribution is 2.21. The normalized spacial score (nSPS) is 14.5. The molecule has 1 saturated heterocycles. The van der Waals surface area contributed by atoms with Gasteiger partial charge in [-0.05, 0) is 42.7 Å². The Kier molecular flexibility index (Phi) is 6.62. The van der Waals surface area contributed by atoms with Gasteiger partial charge in [-0.3, -0.25) is 9.69 Å². The number of nitrogens with zero attached hydrogens (tertiary/aromatic N) is 3. The van der Waals surface area contributed by atoms with Crippen molar-refractivity contribution in [1.29, 1.82) is 5.26 Å². The summed E-state index contributed by atoms with van der Waals surface area (Å²) in [4.78, 5) is 16.3. The fourth-order valence-electron chi connectivity index (χ4n) is 3.47. The molecule has 1 N–H and O–H groups in total. The highest BCUT2D eigenvalue weighted by Gasteiger charge is 2.21. The summed E-state index contributed by atoms with van der Waals surface area (Å²) in [5, 5.41) is 11.8. The second kappa shape index (κ2) is 9.34. The number of hydrogen-bond acceptors (Lipinski definition) is 4. The predicted octanol–water partition coefficient (Wildman–Crippen LogP) is 2.49. The lowest BCUT2D eigenvalue weighted by Gasteiger charge is -2.35. The molecule has 0 unspecified atom stereocenters. The molecule has 146 valence electrons. The van der Waals surface area contributed by atoms with E-state index < -0.39 is 0 Å². The van der Waals surface area contributed by atoms with Gasteiger partial charge in [-0.25, -0.2) is 4.39 Å². The monoisotopic (exact) mass is 380 g/mol. The third-order valence-electron chi connectivity index (χ3n) is 5.13. The molecule has 1 aliphatic rings. The van der Waals surface area contributed by atoms with Crippen molar-refractivity contribution >= 4 is 11.6 Å². The molecule has 2 aromatic rings. The summed E-state index contributed by atoms with van der Waals surface area (Å²) in [6.45, 7) is 5.76. The molecule has 0 radical (unpaired) electrons. The molecule has 3 rings (SSSR count). The Morgan fingerprint density at radius 3 is 2.61 bits per heavy atom. The van der Waals surface area contributed by atoms with Crippen LogP contribution in [0.5, 0.6) is 0 Å². The van der Waals surface area contributed by atoms with Crippen molar-refractivity contribution in [2.24, 2.45) is 0 Å². The number of nitrogens with one attached hydrogen (secondary N) is 1. The van der Waals surface area contributed by atoms with E-state index in [2.05, 4.69) is 29.3 Å². The van der Waals surface area contributed by atoms with E-state index in [0.717, 1.165) is 6.42 Å². The van der Waals surface area contributed by atoms with Gasteiger partial charge in [0.1, 0.15) is 5.82 Å². The Morgan fingerprint density at radius 1 is 1.18 bits per heavy atom. The lowest BCUT2D eigenvalue weighted by Crippen LogP contribution is -2.49. The van der Waals surface area contributed by atoms with Crippen LogP contribution in [0.3, 0.4) is 0 Å². The van der Waals surface area contributed by atoms with Crippen LogP contribution < -0.4 is 10.2 Å². The van der Waals surface area contributed by atoms with Gasteiger partial charge in [-0.15, -0.1) is 0 Å². The molecule has 1 heterocycles. The summed E-state index contributed by atoms with van der Waals surface area (Å²) in [6, 6.07) is 14.7. The molecule has 0 bridgehead atoms. The molecule has 5 nitrogen and oxygen atoms in total. The summed E-state index contributed by atoms with van der Waals surface area (Å²) in [6.07, 6.45) is 0.824. The van der Waals surface area contributed by atoms with E-state index in [1.165, 1.54) is 17.2 Å². The topological polar surface area (TPSA) is 59.4 Å². The zero-order valence-corrected chi connectivity index (χ0v) is 16.1. The lowest BCUT2D eigenvalue weighted by atomic mass is 10.1. The number of anilines is 1. The van der Waals surface area contributed by atoms with Crippen molar-refractivity contribution in [3.8, 4) is 6.07 Å². The number of nitriles is 1. The molecule has 1 aliphatic heterocycles. The molecule has 1 fully saturated rings. The molecule has 6 heteroatoms. The number of aryl methyl sites for hydroxylation is 1. The van der Waals surface area contributed by atoms with Crippen molar-refractivity contribution in [1.82, 2.24) is 10.2 Å². The van der Waals surface area contributed by atoms with Gasteiger partial charge in [0.05, 0.1) is 23.9 Å². The maximum Gasteiger partial charge on any atom is 0.234 e. The van der Waals surface area contributed by atoms with Gasteiger partial charge < -0.3 is 10.2 Å². The summed E-state index contributed by atoms with van der Waals surface area (Å²) in [5.41, 5.74) is 3.33. The Morgan fingerprint density at radius 2 is 1.93 bits per heavy atom. The Hall–Kier alpha value is -2.91. The second-order valence-electron chi connectivity index (χ2n) is 7.07. The summed E-state index contributed by atoms with van der Waals surface area (Å²) in [5.74, 6) is -0.354. The van der Waals surface area contributed by atoms with Crippen LogP contribution in [0.4, 0.5) is 10.1 Å². The van der Waals surface area contributed by atoms with Gasteiger partial charge in [-0.1, -0.05) is 24.3 Å². The zero-order valence-electron chi connectivity index (χ0n) is 16.1. The van der Waals surface area contributed by atoms with E-state index >= 15 is 0 Å². The first-order chi connectivity index (χ1) is 13.6. The molecular weight excluding hydrogens is 355 g/mol. The Balaban J connectivity index is 1.42. The quantitative estimate of drug-likeness (QED) is 0.837. The minimum Gasteiger partial charge on any atom is -0.367 e. The highest BCUT2D eigenvalue weighted by molar-refractivity contribution is 5.78. The number of hydrogen-bond donors (Lipinski definition) is 1. The molecule has 0 aliphatic carbocycles. The molecule has 0 spiro atoms. The Bertz CT molecular complexity index is 869. The average Bonchev–Trinajstić information content (AvgIpc) is 2.70. The number of rotatable bonds is 6. The van der Waals surface area contributed by atoms with Crippen LogP contribution in [0.15, 0.2) is 42.5 Å². The van der Waals surface area contributed by atoms with Crippen LogP contribution in [0.1, 0.15) is 16.7 Å². The van der Waals surface area contributed by atoms with Crippen LogP contribution in [-0.4, -0.2) is 50.1 Å². The number of carbonyl (C=O) groups is 1. The van der Waals surface area contributed by atoms with Crippen LogP contribution in [0, 0.1) is 24.1 Å². The van der Waals surface area contributed by atoms with Gasteiger partial charge in [0.15, 0.2) is 0 Å². The first-order valence-electron chi connectivity index (χ1n) is 9.55. The zero-order chi connectivity index (χ0) is 19.9. The largest absolute Gasteiger partial charge is 0.367 e. The van der Waals surface area contributed by atoms with E-state index in [0.29, 0.717) is 50.5 Å². The van der Waals surface area contributed by atoms with E-state index in [-0.39, 0.29) is 11.7 Å². The van der Waals surface area contributed by atoms with Crippen molar-refractivity contribution < 1.29 is 9.18 Å². The van der Waals surface area contributed by atoms with Gasteiger partial charge >= 0.3 is 0 Å². The van der Waals surface area contributed by atoms with Crippen LogP contribution >= 0.6 is 0 Å². The van der Waals surface area contributed by atoms with Crippen molar-refractivity contribution in [3.05, 3.63) is 65.0 Å². The second-order valence-corrected chi connectivity index (χ2v) is 7.07. The van der Waals surface area contributed by atoms with Crippen LogP contribution in [0.25, 0.3) is 0 Å². The first-order valence-corrected chi connectivity index (χ1v) is 9.55. The molecule has 0 aromatic heterocycles. The molecule has 0 saturated carbocycles. The van der Waals surface area contributed by atoms with E-state index in [9.17, 15) is 9.18 Å². The fraction of sp³-hybridized carbons (Fsp3) is 0.364. The smallest absolute Gasteiger partial charge is 0.234 e. The van der Waals surface area contributed by atoms with E-state index in [1.807, 2.05) is 23.1 Å². The van der Waals surface area contributed by atoms with Crippen LogP contribution in [-0.2, 0) is 11.2 Å². The number of benzene rings is 2. The molecule has 2 aromatic carbocycles. The number of amides is 1. The molecular formula is C22H25FN4O. The Labute approximate surface area is 165 Å². The van der Waals surface area contributed by atoms with Crippen molar-refractivity contribution in [2.45, 2.75) is 13.3 Å². The fourth-order valence-corrected chi connectivity index (χ4v) is 3.47. The molecule has 1 amide bonds. The third kappa shape index (κ3) is 5.08. The van der Waals surface area contributed by atoms with E-state index in [1.54, 1.807) is 12.1 Å². The van der Waals surface area contributed by atoms with Gasteiger partial charge in [0.2, 0.25) is 5.91 Å². The van der Waals surface area contributed by atoms with E-state index in [4.69, 9.17) is 5.26 Å². The number of piperazine rings is 1. The standard InChI is InChI=1S/C22H25FN4O/c1-17-4-2-3-5-19(17)8-9-25-22(28)16-26-10-12-27(13-11-26)21-7-6-18(15-24)14-20(21)23/h2-7,14H,8-13,16H2,1H3,(H,25,28). The number of halogens is 1. The van der Waals surface area contributed by atoms with Crippen LogP contribution in [0.2, 0.25) is 0 Å². The SMILES string of the molecule is Cc1ccccc1CCNC(=O)CN1CCN(c2ccc(C#N)cc2F)CC1. The third-order valence-corrected chi connectivity index (χ3v) is 5.13. The van der Waals surface area contributed by atoms with Crippen molar-refractivity contribution in [3.63, 3.8) is 0 Å².